The number of halogens is 1. The Morgan fingerprint density at radius 2 is 1.76 bits per heavy atom. The Kier molecular flexibility index (Phi) is 3.71. The van der Waals surface area contributed by atoms with Gasteiger partial charge < -0.3 is 9.52 Å². The third kappa shape index (κ3) is 2.55. The summed E-state index contributed by atoms with van der Waals surface area (Å²) in [6, 6.07) is 14.9. The zero-order valence-corrected chi connectivity index (χ0v) is 13.5. The average molecular weight is 392 g/mol. The van der Waals surface area contributed by atoms with Crippen LogP contribution in [0.2, 0.25) is 0 Å². The monoisotopic (exact) mass is 392 g/mol. The predicted molar refractivity (Wildman–Crippen MR) is 90.8 cm³/mol. The molecule has 0 aliphatic carbocycles. The van der Waals surface area contributed by atoms with Crippen molar-refractivity contribution in [1.29, 1.82) is 0 Å². The van der Waals surface area contributed by atoms with Gasteiger partial charge in [0.2, 0.25) is 0 Å². The molecule has 1 N–H and O–H groups in total. The highest BCUT2D eigenvalue weighted by molar-refractivity contribution is 14.1. The van der Waals surface area contributed by atoms with E-state index in [1.165, 1.54) is 0 Å². The molecule has 1 atom stereocenters. The van der Waals surface area contributed by atoms with Crippen molar-refractivity contribution in [1.82, 2.24) is 0 Å². The number of fused-ring (bicyclic) bond motifs is 1. The molecule has 2 aromatic carbocycles. The highest BCUT2D eigenvalue weighted by atomic mass is 127. The first-order valence-corrected chi connectivity index (χ1v) is 7.66. The van der Waals surface area contributed by atoms with Gasteiger partial charge in [0.1, 0.15) is 11.3 Å². The van der Waals surface area contributed by atoms with Crippen molar-refractivity contribution in [2.24, 2.45) is 0 Å². The van der Waals surface area contributed by atoms with Crippen molar-refractivity contribution >= 4 is 33.6 Å². The Morgan fingerprint density at radius 1 is 1.10 bits per heavy atom. The summed E-state index contributed by atoms with van der Waals surface area (Å²) >= 11 is 2.23. The molecule has 3 aromatic rings. The van der Waals surface area contributed by atoms with Gasteiger partial charge in [-0.2, -0.15) is 0 Å². The molecule has 1 heterocycles. The lowest BCUT2D eigenvalue weighted by atomic mass is 9.93. The van der Waals surface area contributed by atoms with Gasteiger partial charge >= 0.3 is 5.63 Å². The van der Waals surface area contributed by atoms with Gasteiger partial charge in [0.05, 0.1) is 10.9 Å². The highest BCUT2D eigenvalue weighted by Crippen LogP contribution is 2.33. The van der Waals surface area contributed by atoms with E-state index in [-0.39, 0.29) is 11.7 Å². The van der Waals surface area contributed by atoms with Crippen molar-refractivity contribution in [2.45, 2.75) is 12.8 Å². The van der Waals surface area contributed by atoms with Crippen molar-refractivity contribution in [3.8, 4) is 5.75 Å². The summed E-state index contributed by atoms with van der Waals surface area (Å²) in [5, 5.41) is 11.0. The molecule has 0 aliphatic rings. The minimum absolute atomic E-state index is 0.00731. The fourth-order valence-corrected chi connectivity index (χ4v) is 2.81. The van der Waals surface area contributed by atoms with Crippen LogP contribution in [-0.4, -0.2) is 5.11 Å². The number of hydrogen-bond acceptors (Lipinski definition) is 3. The molecule has 0 fully saturated rings. The third-order valence-electron chi connectivity index (χ3n) is 3.62. The highest BCUT2D eigenvalue weighted by Gasteiger charge is 2.20. The molecule has 0 spiro atoms. The first-order valence-electron chi connectivity index (χ1n) is 6.58. The molecular weight excluding hydrogens is 379 g/mol. The first-order chi connectivity index (χ1) is 10.1. The van der Waals surface area contributed by atoms with Crippen LogP contribution in [0.4, 0.5) is 0 Å². The maximum absolute atomic E-state index is 12.2. The van der Waals surface area contributed by atoms with E-state index in [4.69, 9.17) is 4.42 Å². The molecule has 3 nitrogen and oxygen atoms in total. The van der Waals surface area contributed by atoms with Crippen molar-refractivity contribution in [2.75, 3.05) is 0 Å². The second-order valence-corrected chi connectivity index (χ2v) is 6.17. The number of hydrogen-bond donors (Lipinski definition) is 1. The van der Waals surface area contributed by atoms with Crippen LogP contribution in [0.25, 0.3) is 11.0 Å². The molecule has 4 heteroatoms. The molecular formula is C17H13IO3. The third-order valence-corrected chi connectivity index (χ3v) is 4.34. The van der Waals surface area contributed by atoms with Gasteiger partial charge in [-0.25, -0.2) is 4.79 Å². The summed E-state index contributed by atoms with van der Waals surface area (Å²) in [6.45, 7) is 1.89. The van der Waals surface area contributed by atoms with Crippen molar-refractivity contribution < 1.29 is 9.52 Å². The van der Waals surface area contributed by atoms with Crippen LogP contribution < -0.4 is 5.63 Å². The summed E-state index contributed by atoms with van der Waals surface area (Å²) in [6.07, 6.45) is 0. The Bertz CT molecular complexity index is 850. The van der Waals surface area contributed by atoms with Gasteiger partial charge in [-0.3, -0.25) is 0 Å². The van der Waals surface area contributed by atoms with Gasteiger partial charge in [0.25, 0.3) is 0 Å². The lowest BCUT2D eigenvalue weighted by molar-refractivity contribution is 0.453. The second kappa shape index (κ2) is 5.52. The first kappa shape index (κ1) is 14.1. The summed E-state index contributed by atoms with van der Waals surface area (Å²) in [4.78, 5) is 12.2. The van der Waals surface area contributed by atoms with E-state index < -0.39 is 5.63 Å². The lowest BCUT2D eigenvalue weighted by Crippen LogP contribution is -2.12. The van der Waals surface area contributed by atoms with Gasteiger partial charge in [-0.05, 0) is 52.4 Å². The van der Waals surface area contributed by atoms with Crippen LogP contribution in [0.5, 0.6) is 5.75 Å². The van der Waals surface area contributed by atoms with Gasteiger partial charge in [0, 0.05) is 9.49 Å². The Morgan fingerprint density at radius 3 is 2.48 bits per heavy atom. The summed E-state index contributed by atoms with van der Waals surface area (Å²) in [7, 11) is 0. The largest absolute Gasteiger partial charge is 0.507 e. The molecule has 0 saturated carbocycles. The molecule has 0 amide bonds. The van der Waals surface area contributed by atoms with E-state index in [2.05, 4.69) is 22.6 Å². The van der Waals surface area contributed by atoms with Crippen LogP contribution in [0.1, 0.15) is 24.0 Å². The van der Waals surface area contributed by atoms with Crippen LogP contribution in [0.3, 0.4) is 0 Å². The minimum Gasteiger partial charge on any atom is -0.507 e. The van der Waals surface area contributed by atoms with Gasteiger partial charge in [0.15, 0.2) is 0 Å². The van der Waals surface area contributed by atoms with Crippen molar-refractivity contribution in [3.63, 3.8) is 0 Å². The molecule has 0 aliphatic heterocycles. The molecule has 0 saturated heterocycles. The van der Waals surface area contributed by atoms with Crippen LogP contribution in [0.15, 0.2) is 57.7 Å². The standard InChI is InChI=1S/C17H13IO3/c1-10(11-6-8-12(18)9-7-11)15-16(19)13-4-2-3-5-14(13)21-17(15)20/h2-10,19H,1H3. The van der Waals surface area contributed by atoms with E-state index in [0.29, 0.717) is 16.5 Å². The van der Waals surface area contributed by atoms with E-state index in [1.54, 1.807) is 24.3 Å². The summed E-state index contributed by atoms with van der Waals surface area (Å²) in [5.41, 5.74) is 1.18. The SMILES string of the molecule is CC(c1ccc(I)cc1)c1c(O)c2ccccc2oc1=O. The Balaban J connectivity index is 2.20. The van der Waals surface area contributed by atoms with E-state index in [9.17, 15) is 9.90 Å². The molecule has 1 unspecified atom stereocenters. The van der Waals surface area contributed by atoms with Crippen LogP contribution in [-0.2, 0) is 0 Å². The molecule has 0 bridgehead atoms. The number of aromatic hydroxyl groups is 1. The number of para-hydroxylation sites is 1. The number of rotatable bonds is 2. The smallest absolute Gasteiger partial charge is 0.343 e. The maximum atomic E-state index is 12.2. The zero-order chi connectivity index (χ0) is 15.0. The zero-order valence-electron chi connectivity index (χ0n) is 11.3. The quantitative estimate of drug-likeness (QED) is 0.524. The van der Waals surface area contributed by atoms with E-state index in [0.717, 1.165) is 9.13 Å². The normalized spacial score (nSPS) is 12.5. The van der Waals surface area contributed by atoms with Crippen LogP contribution >= 0.6 is 22.6 Å². The molecule has 1 aromatic heterocycles. The number of benzene rings is 2. The molecule has 0 radical (unpaired) electrons. The Hall–Kier alpha value is -1.82. The summed E-state index contributed by atoms with van der Waals surface area (Å²) < 4.78 is 6.45. The van der Waals surface area contributed by atoms with Crippen LogP contribution in [0, 0.1) is 3.57 Å². The topological polar surface area (TPSA) is 50.4 Å². The lowest BCUT2D eigenvalue weighted by Gasteiger charge is -2.14. The van der Waals surface area contributed by atoms with E-state index in [1.807, 2.05) is 31.2 Å². The fourth-order valence-electron chi connectivity index (χ4n) is 2.45. The Labute approximate surface area is 135 Å². The predicted octanol–water partition coefficient (Wildman–Crippen LogP) is 4.26. The second-order valence-electron chi connectivity index (χ2n) is 4.92. The molecule has 3 rings (SSSR count). The minimum atomic E-state index is -0.489. The van der Waals surface area contributed by atoms with Gasteiger partial charge in [-0.15, -0.1) is 0 Å². The maximum Gasteiger partial charge on any atom is 0.343 e. The van der Waals surface area contributed by atoms with Gasteiger partial charge in [-0.1, -0.05) is 31.2 Å². The molecule has 21 heavy (non-hydrogen) atoms. The van der Waals surface area contributed by atoms with E-state index >= 15 is 0 Å². The van der Waals surface area contributed by atoms with Crippen molar-refractivity contribution in [3.05, 3.63) is 73.6 Å². The molecule has 106 valence electrons. The average Bonchev–Trinajstić information content (AvgIpc) is 2.48. The summed E-state index contributed by atoms with van der Waals surface area (Å²) in [5.74, 6) is -0.226. The fraction of sp³-hybridized carbons (Fsp3) is 0.118.